The van der Waals surface area contributed by atoms with Crippen molar-refractivity contribution in [2.24, 2.45) is 5.73 Å². The number of hydrogen-bond acceptors (Lipinski definition) is 2. The van der Waals surface area contributed by atoms with Crippen LogP contribution in [-0.2, 0) is 10.2 Å². The summed E-state index contributed by atoms with van der Waals surface area (Å²) >= 11 is 0. The Hall–Kier alpha value is -1.56. The highest BCUT2D eigenvalue weighted by Gasteiger charge is 2.60. The summed E-state index contributed by atoms with van der Waals surface area (Å²) in [7, 11) is 0. The van der Waals surface area contributed by atoms with Crippen molar-refractivity contribution >= 4 is 5.91 Å². The zero-order valence-electron chi connectivity index (χ0n) is 10.7. The minimum Gasteiger partial charge on any atom is -0.373 e. The first-order valence-electron chi connectivity index (χ1n) is 5.65. The molecule has 1 unspecified atom stereocenters. The first kappa shape index (κ1) is 15.5. The van der Waals surface area contributed by atoms with Crippen molar-refractivity contribution in [2.75, 3.05) is 0 Å². The molecule has 1 aromatic carbocycles. The van der Waals surface area contributed by atoms with Gasteiger partial charge in [0, 0.05) is 6.42 Å². The first-order valence-corrected chi connectivity index (χ1v) is 5.65. The molecule has 6 heteroatoms. The second kappa shape index (κ2) is 4.85. The number of primary amides is 1. The van der Waals surface area contributed by atoms with E-state index in [2.05, 4.69) is 0 Å². The molecule has 0 saturated carbocycles. The number of aliphatic hydroxyl groups is 1. The van der Waals surface area contributed by atoms with Gasteiger partial charge in [-0.1, -0.05) is 44.2 Å². The zero-order valence-corrected chi connectivity index (χ0v) is 10.7. The first-order chi connectivity index (χ1) is 8.51. The quantitative estimate of drug-likeness (QED) is 0.884. The summed E-state index contributed by atoms with van der Waals surface area (Å²) in [5.74, 6) is -1.79. The fourth-order valence-electron chi connectivity index (χ4n) is 1.96. The molecule has 1 rings (SSSR count). The smallest absolute Gasteiger partial charge is 0.373 e. The molecule has 0 heterocycles. The maximum absolute atomic E-state index is 12.9. The van der Waals surface area contributed by atoms with Crippen molar-refractivity contribution in [1.82, 2.24) is 0 Å². The summed E-state index contributed by atoms with van der Waals surface area (Å²) in [5.41, 5.74) is 0.725. The van der Waals surface area contributed by atoms with Crippen molar-refractivity contribution in [1.29, 1.82) is 0 Å². The number of nitrogens with two attached hydrogens (primary N) is 1. The second-order valence-electron chi connectivity index (χ2n) is 5.15. The van der Waals surface area contributed by atoms with Gasteiger partial charge in [0.15, 0.2) is 0 Å². The Kier molecular flexibility index (Phi) is 3.95. The zero-order chi connectivity index (χ0) is 14.9. The minimum atomic E-state index is -5.11. The van der Waals surface area contributed by atoms with Crippen LogP contribution in [0.3, 0.4) is 0 Å². The Morgan fingerprint density at radius 3 is 2.05 bits per heavy atom. The number of carbonyl (C=O) groups excluding carboxylic acids is 1. The Labute approximate surface area is 109 Å². The van der Waals surface area contributed by atoms with E-state index in [9.17, 15) is 23.1 Å². The molecule has 0 radical (unpaired) electrons. The summed E-state index contributed by atoms with van der Waals surface area (Å²) in [5, 5.41) is 9.62. The van der Waals surface area contributed by atoms with E-state index in [1.54, 1.807) is 30.3 Å². The second-order valence-corrected chi connectivity index (χ2v) is 5.15. The molecule has 3 nitrogen and oxygen atoms in total. The van der Waals surface area contributed by atoms with Gasteiger partial charge in [-0.05, 0) is 11.0 Å². The third kappa shape index (κ3) is 3.07. The molecule has 1 aromatic rings. The lowest BCUT2D eigenvalue weighted by molar-refractivity contribution is -0.255. The maximum Gasteiger partial charge on any atom is 0.426 e. The Morgan fingerprint density at radius 1 is 1.21 bits per heavy atom. The number of benzene rings is 1. The van der Waals surface area contributed by atoms with Crippen molar-refractivity contribution in [2.45, 2.75) is 37.5 Å². The molecule has 3 N–H and O–H groups in total. The number of rotatable bonds is 4. The fourth-order valence-corrected chi connectivity index (χ4v) is 1.96. The third-order valence-corrected chi connectivity index (χ3v) is 3.13. The standard InChI is InChI=1S/C13H16F3NO2/c1-11(2,9-6-4-3-5-7-9)8-12(19,10(17)18)13(14,15)16/h3-7,19H,8H2,1-2H3,(H2,17,18). The molecule has 106 valence electrons. The van der Waals surface area contributed by atoms with Crippen LogP contribution in [0.15, 0.2) is 30.3 Å². The van der Waals surface area contributed by atoms with Gasteiger partial charge in [-0.15, -0.1) is 0 Å². The van der Waals surface area contributed by atoms with E-state index in [1.807, 2.05) is 0 Å². The summed E-state index contributed by atoms with van der Waals surface area (Å²) in [6.07, 6.45) is -5.94. The average molecular weight is 275 g/mol. The van der Waals surface area contributed by atoms with Gasteiger partial charge in [0.1, 0.15) is 0 Å². The number of carbonyl (C=O) groups is 1. The van der Waals surface area contributed by atoms with Gasteiger partial charge >= 0.3 is 6.18 Å². The monoisotopic (exact) mass is 275 g/mol. The van der Waals surface area contributed by atoms with E-state index in [0.29, 0.717) is 5.56 Å². The maximum atomic E-state index is 12.9. The molecule has 0 aromatic heterocycles. The number of hydrogen-bond donors (Lipinski definition) is 2. The predicted molar refractivity (Wildman–Crippen MR) is 64.3 cm³/mol. The molecule has 19 heavy (non-hydrogen) atoms. The van der Waals surface area contributed by atoms with Crippen LogP contribution in [0.2, 0.25) is 0 Å². The van der Waals surface area contributed by atoms with Crippen LogP contribution in [0.4, 0.5) is 13.2 Å². The lowest BCUT2D eigenvalue weighted by atomic mass is 9.74. The largest absolute Gasteiger partial charge is 0.426 e. The van der Waals surface area contributed by atoms with Crippen LogP contribution in [0.25, 0.3) is 0 Å². The van der Waals surface area contributed by atoms with Gasteiger partial charge in [0.25, 0.3) is 5.91 Å². The van der Waals surface area contributed by atoms with Crippen LogP contribution >= 0.6 is 0 Å². The molecule has 0 bridgehead atoms. The van der Waals surface area contributed by atoms with Gasteiger partial charge in [0.05, 0.1) is 0 Å². The van der Waals surface area contributed by atoms with Gasteiger partial charge < -0.3 is 10.8 Å². The van der Waals surface area contributed by atoms with Crippen LogP contribution < -0.4 is 5.73 Å². The van der Waals surface area contributed by atoms with E-state index in [4.69, 9.17) is 5.73 Å². The van der Waals surface area contributed by atoms with E-state index in [-0.39, 0.29) is 0 Å². The lowest BCUT2D eigenvalue weighted by Gasteiger charge is -2.35. The molecule has 1 amide bonds. The normalized spacial score (nSPS) is 15.9. The van der Waals surface area contributed by atoms with Crippen LogP contribution in [0, 0.1) is 0 Å². The van der Waals surface area contributed by atoms with Crippen molar-refractivity contribution < 1.29 is 23.1 Å². The SMILES string of the molecule is CC(C)(CC(O)(C(N)=O)C(F)(F)F)c1ccccc1. The van der Waals surface area contributed by atoms with Crippen molar-refractivity contribution in [3.63, 3.8) is 0 Å². The van der Waals surface area contributed by atoms with Crippen molar-refractivity contribution in [3.8, 4) is 0 Å². The highest BCUT2D eigenvalue weighted by atomic mass is 19.4. The van der Waals surface area contributed by atoms with E-state index < -0.39 is 29.5 Å². The third-order valence-electron chi connectivity index (χ3n) is 3.13. The number of alkyl halides is 3. The van der Waals surface area contributed by atoms with Crippen LogP contribution in [-0.4, -0.2) is 22.8 Å². The summed E-state index contributed by atoms with van der Waals surface area (Å²) in [6.45, 7) is 3.03. The van der Waals surface area contributed by atoms with Crippen molar-refractivity contribution in [3.05, 3.63) is 35.9 Å². The predicted octanol–water partition coefficient (Wildman–Crippen LogP) is 2.13. The molecule has 1 atom stereocenters. The molecule has 0 fully saturated rings. The molecule has 0 aliphatic carbocycles. The van der Waals surface area contributed by atoms with Gasteiger partial charge in [-0.25, -0.2) is 0 Å². The van der Waals surface area contributed by atoms with E-state index in [1.165, 1.54) is 13.8 Å². The summed E-state index contributed by atoms with van der Waals surface area (Å²) < 4.78 is 38.6. The van der Waals surface area contributed by atoms with Gasteiger partial charge in [0.2, 0.25) is 5.60 Å². The fraction of sp³-hybridized carbons (Fsp3) is 0.462. The molecular formula is C13H16F3NO2. The van der Waals surface area contributed by atoms with E-state index >= 15 is 0 Å². The Balaban J connectivity index is 3.14. The summed E-state index contributed by atoms with van der Waals surface area (Å²) in [6, 6.07) is 8.35. The molecule has 0 aliphatic heterocycles. The highest BCUT2D eigenvalue weighted by Crippen LogP contribution is 2.40. The number of amides is 1. The molecule has 0 aliphatic rings. The summed E-state index contributed by atoms with van der Waals surface area (Å²) in [4.78, 5) is 11.0. The molecular weight excluding hydrogens is 259 g/mol. The lowest BCUT2D eigenvalue weighted by Crippen LogP contribution is -2.58. The average Bonchev–Trinajstić information content (AvgIpc) is 2.28. The van der Waals surface area contributed by atoms with Gasteiger partial charge in [-0.3, -0.25) is 4.79 Å². The van der Waals surface area contributed by atoms with E-state index in [0.717, 1.165) is 0 Å². The molecule has 0 spiro atoms. The van der Waals surface area contributed by atoms with Crippen LogP contribution in [0.1, 0.15) is 25.8 Å². The highest BCUT2D eigenvalue weighted by molar-refractivity contribution is 5.84. The topological polar surface area (TPSA) is 63.3 Å². The van der Waals surface area contributed by atoms with Crippen LogP contribution in [0.5, 0.6) is 0 Å². The number of halogens is 3. The van der Waals surface area contributed by atoms with Gasteiger partial charge in [-0.2, -0.15) is 13.2 Å². The Bertz CT molecular complexity index is 457. The molecule has 0 saturated heterocycles. The Morgan fingerprint density at radius 2 is 1.68 bits per heavy atom. The minimum absolute atomic E-state index is 0.582.